The Morgan fingerprint density at radius 1 is 0.875 bits per heavy atom. The van der Waals surface area contributed by atoms with Gasteiger partial charge in [-0.25, -0.2) is 0 Å². The number of rotatable bonds is 2. The zero-order valence-corrected chi connectivity index (χ0v) is 17.1. The van der Waals surface area contributed by atoms with E-state index in [2.05, 4.69) is 44.9 Å². The van der Waals surface area contributed by atoms with Crippen LogP contribution in [0, 0.1) is 0 Å². The van der Waals surface area contributed by atoms with Crippen LogP contribution in [0.2, 0.25) is 0 Å². The molecule has 1 fully saturated rings. The molecule has 0 unspecified atom stereocenters. The van der Waals surface area contributed by atoms with Gasteiger partial charge in [0.15, 0.2) is 0 Å². The zero-order valence-electron chi connectivity index (χ0n) is 15.5. The molecular formula is C21H31BrO2. The van der Waals surface area contributed by atoms with Gasteiger partial charge in [0.05, 0.1) is 7.11 Å². The summed E-state index contributed by atoms with van der Waals surface area (Å²) in [6.45, 7) is 8.38. The van der Waals surface area contributed by atoms with Crippen LogP contribution in [-0.2, 0) is 9.53 Å². The lowest BCUT2D eigenvalue weighted by molar-refractivity contribution is -0.126. The summed E-state index contributed by atoms with van der Waals surface area (Å²) in [5.74, 6) is 0.882. The molecule has 3 rings (SSSR count). The molecule has 2 aromatic rings. The summed E-state index contributed by atoms with van der Waals surface area (Å²) in [5.41, 5.74) is 1.50. The smallest absolute Gasteiger partial charge is 0.292 e. The van der Waals surface area contributed by atoms with Crippen molar-refractivity contribution >= 4 is 22.4 Å². The SMILES string of the molecule is Brc1ccc(C2CC2)cc1.CC.CC.COC=O.c1ccccc1. The summed E-state index contributed by atoms with van der Waals surface area (Å²) in [6, 6.07) is 20.7. The van der Waals surface area contributed by atoms with E-state index >= 15 is 0 Å². The monoisotopic (exact) mass is 394 g/mol. The highest BCUT2D eigenvalue weighted by Crippen LogP contribution is 2.40. The number of hydrogen-bond acceptors (Lipinski definition) is 2. The van der Waals surface area contributed by atoms with Crippen molar-refractivity contribution in [3.63, 3.8) is 0 Å². The highest BCUT2D eigenvalue weighted by atomic mass is 79.9. The van der Waals surface area contributed by atoms with Crippen molar-refractivity contribution in [3.05, 3.63) is 70.7 Å². The van der Waals surface area contributed by atoms with Crippen LogP contribution in [0.25, 0.3) is 0 Å². The quantitative estimate of drug-likeness (QED) is 0.520. The van der Waals surface area contributed by atoms with Gasteiger partial charge in [0, 0.05) is 4.47 Å². The topological polar surface area (TPSA) is 26.3 Å². The zero-order chi connectivity index (χ0) is 18.6. The molecule has 2 nitrogen and oxygen atoms in total. The van der Waals surface area contributed by atoms with E-state index in [-0.39, 0.29) is 0 Å². The first-order valence-electron chi connectivity index (χ1n) is 8.50. The van der Waals surface area contributed by atoms with Crippen molar-refractivity contribution in [1.82, 2.24) is 0 Å². The summed E-state index contributed by atoms with van der Waals surface area (Å²) in [4.78, 5) is 8.95. The lowest BCUT2D eigenvalue weighted by Gasteiger charge is -1.95. The fourth-order valence-electron chi connectivity index (χ4n) is 1.54. The fraction of sp³-hybridized carbons (Fsp3) is 0.381. The van der Waals surface area contributed by atoms with Gasteiger partial charge in [-0.1, -0.05) is 92.2 Å². The van der Waals surface area contributed by atoms with Crippen LogP contribution in [0.3, 0.4) is 0 Å². The third kappa shape index (κ3) is 15.3. The number of benzene rings is 2. The van der Waals surface area contributed by atoms with Crippen molar-refractivity contribution in [2.75, 3.05) is 7.11 Å². The maximum Gasteiger partial charge on any atom is 0.292 e. The average molecular weight is 395 g/mol. The molecular weight excluding hydrogens is 364 g/mol. The van der Waals surface area contributed by atoms with Crippen LogP contribution in [0.5, 0.6) is 0 Å². The Morgan fingerprint density at radius 2 is 1.21 bits per heavy atom. The van der Waals surface area contributed by atoms with E-state index in [9.17, 15) is 0 Å². The third-order valence-electron chi connectivity index (χ3n) is 2.68. The van der Waals surface area contributed by atoms with Gasteiger partial charge < -0.3 is 4.74 Å². The highest BCUT2D eigenvalue weighted by Gasteiger charge is 2.22. The molecule has 0 aliphatic heterocycles. The van der Waals surface area contributed by atoms with Crippen molar-refractivity contribution in [2.45, 2.75) is 46.5 Å². The molecule has 0 amide bonds. The molecule has 0 heterocycles. The first kappa shape index (κ1) is 24.6. The number of halogens is 1. The van der Waals surface area contributed by atoms with E-state index in [1.54, 1.807) is 0 Å². The molecule has 0 bridgehead atoms. The van der Waals surface area contributed by atoms with Gasteiger partial charge in [-0.3, -0.25) is 4.79 Å². The number of hydrogen-bond donors (Lipinski definition) is 0. The molecule has 0 aromatic heterocycles. The highest BCUT2D eigenvalue weighted by molar-refractivity contribution is 9.10. The summed E-state index contributed by atoms with van der Waals surface area (Å²) in [5, 5.41) is 0. The molecule has 0 spiro atoms. The van der Waals surface area contributed by atoms with Gasteiger partial charge in [-0.15, -0.1) is 0 Å². The van der Waals surface area contributed by atoms with Gasteiger partial charge in [0.2, 0.25) is 0 Å². The number of carbonyl (C=O) groups excluding carboxylic acids is 1. The van der Waals surface area contributed by atoms with Crippen LogP contribution >= 0.6 is 15.9 Å². The maximum absolute atomic E-state index is 8.95. The second-order valence-corrected chi connectivity index (χ2v) is 5.23. The standard InChI is InChI=1S/C9H9Br.C6H6.C2H4O2.2C2H6/c10-9-5-3-8(4-6-9)7-1-2-7;1-2-4-6-5-3-1;1-4-2-3;2*1-2/h3-7H,1-2H2;1-6H;2H,1H3;2*1-2H3. The average Bonchev–Trinajstić information content (AvgIpc) is 3.53. The Hall–Kier alpha value is -1.61. The predicted octanol–water partition coefficient (Wildman–Crippen LogP) is 6.85. The van der Waals surface area contributed by atoms with Gasteiger partial charge in [0.1, 0.15) is 0 Å². The summed E-state index contributed by atoms with van der Waals surface area (Å²) < 4.78 is 5.04. The van der Waals surface area contributed by atoms with Gasteiger partial charge in [-0.05, 0) is 36.5 Å². The van der Waals surface area contributed by atoms with Crippen molar-refractivity contribution < 1.29 is 9.53 Å². The summed E-state index contributed by atoms with van der Waals surface area (Å²) in [7, 11) is 1.31. The predicted molar refractivity (Wildman–Crippen MR) is 108 cm³/mol. The van der Waals surface area contributed by atoms with Crippen LogP contribution in [-0.4, -0.2) is 13.6 Å². The van der Waals surface area contributed by atoms with Crippen LogP contribution in [0.1, 0.15) is 52.0 Å². The van der Waals surface area contributed by atoms with Crippen molar-refractivity contribution in [2.24, 2.45) is 0 Å². The van der Waals surface area contributed by atoms with Crippen molar-refractivity contribution in [3.8, 4) is 0 Å². The molecule has 0 atom stereocenters. The second-order valence-electron chi connectivity index (χ2n) is 4.31. The van der Waals surface area contributed by atoms with E-state index in [0.29, 0.717) is 6.47 Å². The largest absolute Gasteiger partial charge is 0.471 e. The molecule has 1 saturated carbocycles. The van der Waals surface area contributed by atoms with Gasteiger partial charge in [0.25, 0.3) is 6.47 Å². The van der Waals surface area contributed by atoms with E-state index in [0.717, 1.165) is 5.92 Å². The Bertz CT molecular complexity index is 438. The summed E-state index contributed by atoms with van der Waals surface area (Å²) in [6.07, 6.45) is 2.78. The lowest BCUT2D eigenvalue weighted by Crippen LogP contribution is -1.75. The minimum absolute atomic E-state index is 0.375. The first-order chi connectivity index (χ1) is 11.8. The molecule has 2 aromatic carbocycles. The van der Waals surface area contributed by atoms with Gasteiger partial charge >= 0.3 is 0 Å². The molecule has 0 N–H and O–H groups in total. The van der Waals surface area contributed by atoms with Crippen molar-refractivity contribution in [1.29, 1.82) is 0 Å². The molecule has 24 heavy (non-hydrogen) atoms. The Morgan fingerprint density at radius 3 is 1.46 bits per heavy atom. The Kier molecular flexibility index (Phi) is 20.0. The Balaban J connectivity index is 0. The number of ether oxygens (including phenoxy) is 1. The maximum atomic E-state index is 8.95. The number of carbonyl (C=O) groups is 1. The van der Waals surface area contributed by atoms with Crippen LogP contribution < -0.4 is 0 Å². The molecule has 134 valence electrons. The molecule has 0 saturated heterocycles. The second kappa shape index (κ2) is 19.4. The first-order valence-corrected chi connectivity index (χ1v) is 9.29. The van der Waals surface area contributed by atoms with E-state index in [1.807, 2.05) is 64.1 Å². The van der Waals surface area contributed by atoms with Crippen LogP contribution in [0.15, 0.2) is 65.1 Å². The molecule has 3 heteroatoms. The molecule has 0 radical (unpaired) electrons. The number of methoxy groups -OCH3 is 1. The minimum atomic E-state index is 0.375. The summed E-state index contributed by atoms with van der Waals surface area (Å²) >= 11 is 3.41. The lowest BCUT2D eigenvalue weighted by atomic mass is 10.1. The van der Waals surface area contributed by atoms with E-state index < -0.39 is 0 Å². The normalized spacial score (nSPS) is 10.6. The van der Waals surface area contributed by atoms with Gasteiger partial charge in [-0.2, -0.15) is 0 Å². The molecule has 1 aliphatic rings. The van der Waals surface area contributed by atoms with Crippen LogP contribution in [0.4, 0.5) is 0 Å². The minimum Gasteiger partial charge on any atom is -0.471 e. The third-order valence-corrected chi connectivity index (χ3v) is 3.21. The van der Waals surface area contributed by atoms with E-state index in [4.69, 9.17) is 4.79 Å². The Labute approximate surface area is 156 Å². The van der Waals surface area contributed by atoms with E-state index in [1.165, 1.54) is 30.0 Å². The fourth-order valence-corrected chi connectivity index (χ4v) is 1.80. The molecule has 1 aliphatic carbocycles.